The van der Waals surface area contributed by atoms with Crippen molar-refractivity contribution in [2.24, 2.45) is 0 Å². The minimum Gasteiger partial charge on any atom is -0.343 e. The first-order chi connectivity index (χ1) is 16.1. The highest BCUT2D eigenvalue weighted by Crippen LogP contribution is 2.29. The van der Waals surface area contributed by atoms with Crippen LogP contribution in [0.2, 0.25) is 0 Å². The maximum absolute atomic E-state index is 12.3. The number of rotatable bonds is 9. The fraction of sp³-hybridized carbons (Fsp3) is 0.375. The molecule has 33 heavy (non-hydrogen) atoms. The third-order valence-corrected chi connectivity index (χ3v) is 6.72. The van der Waals surface area contributed by atoms with E-state index in [4.69, 9.17) is 0 Å². The molecule has 3 aromatic rings. The second-order valence-corrected chi connectivity index (χ2v) is 9.09. The number of nitrogens with zero attached hydrogens (tertiary/aromatic N) is 5. The maximum atomic E-state index is 12.3. The van der Waals surface area contributed by atoms with Crippen molar-refractivity contribution in [3.8, 4) is 17.1 Å². The second kappa shape index (κ2) is 11.1. The highest BCUT2D eigenvalue weighted by molar-refractivity contribution is 7.99. The monoisotopic (exact) mass is 465 g/mol. The fourth-order valence-corrected chi connectivity index (χ4v) is 4.89. The van der Waals surface area contributed by atoms with Crippen molar-refractivity contribution < 1.29 is 9.72 Å². The Morgan fingerprint density at radius 1 is 0.970 bits per heavy atom. The molecule has 172 valence electrons. The average molecular weight is 466 g/mol. The molecule has 0 unspecified atom stereocenters. The van der Waals surface area contributed by atoms with Crippen LogP contribution in [0.5, 0.6) is 0 Å². The van der Waals surface area contributed by atoms with Gasteiger partial charge in [0.15, 0.2) is 11.0 Å². The van der Waals surface area contributed by atoms with Crippen LogP contribution in [0, 0.1) is 10.1 Å². The number of piperidine rings is 1. The number of carbonyl (C=O) groups is 1. The Hall–Kier alpha value is -3.20. The lowest BCUT2D eigenvalue weighted by Crippen LogP contribution is -2.35. The predicted octanol–water partition coefficient (Wildman–Crippen LogP) is 5.12. The van der Waals surface area contributed by atoms with Crippen LogP contribution in [0.3, 0.4) is 0 Å². The summed E-state index contributed by atoms with van der Waals surface area (Å²) in [4.78, 5) is 24.9. The van der Waals surface area contributed by atoms with Crippen molar-refractivity contribution in [1.29, 1.82) is 0 Å². The van der Waals surface area contributed by atoms with E-state index in [2.05, 4.69) is 10.2 Å². The quantitative estimate of drug-likeness (QED) is 0.188. The van der Waals surface area contributed by atoms with Gasteiger partial charge in [0.05, 0.1) is 4.92 Å². The summed E-state index contributed by atoms with van der Waals surface area (Å²) in [6.45, 7) is 1.80. The van der Waals surface area contributed by atoms with Crippen molar-refractivity contribution >= 4 is 23.4 Å². The molecule has 1 aromatic heterocycles. The smallest absolute Gasteiger partial charge is 0.269 e. The van der Waals surface area contributed by atoms with E-state index in [0.717, 1.165) is 60.9 Å². The van der Waals surface area contributed by atoms with Gasteiger partial charge in [0.1, 0.15) is 0 Å². The van der Waals surface area contributed by atoms with Crippen LogP contribution in [0.1, 0.15) is 38.5 Å². The van der Waals surface area contributed by atoms with Gasteiger partial charge >= 0.3 is 0 Å². The Kier molecular flexibility index (Phi) is 7.72. The van der Waals surface area contributed by atoms with Gasteiger partial charge in [-0.05, 0) is 56.4 Å². The molecule has 0 saturated carbocycles. The van der Waals surface area contributed by atoms with Gasteiger partial charge in [0, 0.05) is 48.6 Å². The first-order valence-corrected chi connectivity index (χ1v) is 12.3. The molecule has 0 spiro atoms. The number of non-ortho nitro benzene ring substituents is 1. The molecule has 4 rings (SSSR count). The molecule has 1 aliphatic rings. The van der Waals surface area contributed by atoms with Crippen LogP contribution in [-0.2, 0) is 4.79 Å². The van der Waals surface area contributed by atoms with E-state index >= 15 is 0 Å². The number of unbranched alkanes of at least 4 members (excludes halogenated alkanes) is 1. The Labute approximate surface area is 197 Å². The number of amides is 1. The number of carbonyl (C=O) groups excluding carboxylic acids is 1. The largest absolute Gasteiger partial charge is 0.343 e. The van der Waals surface area contributed by atoms with Crippen LogP contribution >= 0.6 is 11.8 Å². The summed E-state index contributed by atoms with van der Waals surface area (Å²) in [7, 11) is 0. The number of thioether (sulfide) groups is 1. The van der Waals surface area contributed by atoms with Gasteiger partial charge in [-0.25, -0.2) is 0 Å². The highest BCUT2D eigenvalue weighted by atomic mass is 32.2. The molecule has 9 heteroatoms. The average Bonchev–Trinajstić information content (AvgIpc) is 3.28. The van der Waals surface area contributed by atoms with E-state index in [1.807, 2.05) is 39.8 Å². The first kappa shape index (κ1) is 23.0. The Morgan fingerprint density at radius 2 is 1.70 bits per heavy atom. The molecule has 1 saturated heterocycles. The molecule has 8 nitrogen and oxygen atoms in total. The highest BCUT2D eigenvalue weighted by Gasteiger charge is 2.18. The van der Waals surface area contributed by atoms with E-state index in [1.165, 1.54) is 18.6 Å². The number of nitro benzene ring substituents is 1. The maximum Gasteiger partial charge on any atom is 0.269 e. The molecule has 1 fully saturated rings. The van der Waals surface area contributed by atoms with E-state index in [0.29, 0.717) is 12.2 Å². The van der Waals surface area contributed by atoms with Gasteiger partial charge in [-0.15, -0.1) is 10.2 Å². The lowest BCUT2D eigenvalue weighted by Gasteiger charge is -2.26. The molecular weight excluding hydrogens is 438 g/mol. The summed E-state index contributed by atoms with van der Waals surface area (Å²) in [6.07, 6.45) is 5.84. The third-order valence-electron chi connectivity index (χ3n) is 5.71. The van der Waals surface area contributed by atoms with Crippen molar-refractivity contribution in [3.05, 3.63) is 64.7 Å². The fourth-order valence-electron chi connectivity index (χ4n) is 3.94. The molecule has 0 N–H and O–H groups in total. The van der Waals surface area contributed by atoms with Gasteiger partial charge in [-0.2, -0.15) is 0 Å². The molecule has 1 amide bonds. The van der Waals surface area contributed by atoms with Crippen molar-refractivity contribution in [3.63, 3.8) is 0 Å². The predicted molar refractivity (Wildman–Crippen MR) is 128 cm³/mol. The van der Waals surface area contributed by atoms with Crippen LogP contribution in [0.15, 0.2) is 59.8 Å². The van der Waals surface area contributed by atoms with Crippen LogP contribution in [0.4, 0.5) is 5.69 Å². The minimum atomic E-state index is -0.414. The molecule has 1 aliphatic heterocycles. The lowest BCUT2D eigenvalue weighted by atomic mass is 10.1. The first-order valence-electron chi connectivity index (χ1n) is 11.3. The van der Waals surface area contributed by atoms with Crippen LogP contribution < -0.4 is 0 Å². The number of benzene rings is 2. The summed E-state index contributed by atoms with van der Waals surface area (Å²) in [5, 5.41) is 20.5. The number of hydrogen-bond acceptors (Lipinski definition) is 6. The van der Waals surface area contributed by atoms with E-state index in [9.17, 15) is 14.9 Å². The number of hydrogen-bond donors (Lipinski definition) is 0. The Balaban J connectivity index is 1.42. The van der Waals surface area contributed by atoms with E-state index < -0.39 is 4.92 Å². The molecule has 2 heterocycles. The Bertz CT molecular complexity index is 1080. The van der Waals surface area contributed by atoms with E-state index in [1.54, 1.807) is 23.9 Å². The second-order valence-electron chi connectivity index (χ2n) is 8.03. The molecular formula is C24H27N5O3S. The number of nitro groups is 1. The van der Waals surface area contributed by atoms with Gasteiger partial charge in [0.2, 0.25) is 5.91 Å². The van der Waals surface area contributed by atoms with Gasteiger partial charge in [0.25, 0.3) is 5.69 Å². The zero-order valence-electron chi connectivity index (χ0n) is 18.4. The summed E-state index contributed by atoms with van der Waals surface area (Å²) in [5.74, 6) is 1.74. The lowest BCUT2D eigenvalue weighted by molar-refractivity contribution is -0.384. The topological polar surface area (TPSA) is 94.2 Å². The van der Waals surface area contributed by atoms with Crippen molar-refractivity contribution in [2.45, 2.75) is 43.7 Å². The molecule has 0 aliphatic carbocycles. The number of para-hydroxylation sites is 1. The SMILES string of the molecule is O=C(CCCCSc1nnc(-c2ccc([N+](=O)[O-])cc2)n1-c1ccccc1)N1CCCCC1. The molecule has 2 aromatic carbocycles. The Morgan fingerprint density at radius 3 is 2.39 bits per heavy atom. The normalized spacial score (nSPS) is 13.8. The van der Waals surface area contributed by atoms with Crippen LogP contribution in [0.25, 0.3) is 17.1 Å². The van der Waals surface area contributed by atoms with Gasteiger partial charge in [-0.3, -0.25) is 19.5 Å². The standard InChI is InChI=1S/C24H27N5O3S/c30-22(27-16-6-2-7-17-27)11-5-8-18-33-24-26-25-23(28(24)20-9-3-1-4-10-20)19-12-14-21(15-13-19)29(31)32/h1,3-4,9-10,12-15H,2,5-8,11,16-18H2. The molecule has 0 atom stereocenters. The van der Waals surface area contributed by atoms with Crippen molar-refractivity contribution in [2.75, 3.05) is 18.8 Å². The number of aromatic nitrogens is 3. The minimum absolute atomic E-state index is 0.0400. The summed E-state index contributed by atoms with van der Waals surface area (Å²) in [5.41, 5.74) is 1.73. The summed E-state index contributed by atoms with van der Waals surface area (Å²) in [6, 6.07) is 16.2. The zero-order chi connectivity index (χ0) is 23.0. The van der Waals surface area contributed by atoms with Gasteiger partial charge in [-0.1, -0.05) is 30.0 Å². The van der Waals surface area contributed by atoms with Crippen LogP contribution in [-0.4, -0.2) is 49.3 Å². The zero-order valence-corrected chi connectivity index (χ0v) is 19.2. The van der Waals surface area contributed by atoms with Gasteiger partial charge < -0.3 is 4.90 Å². The van der Waals surface area contributed by atoms with Crippen molar-refractivity contribution in [1.82, 2.24) is 19.7 Å². The summed E-state index contributed by atoms with van der Waals surface area (Å²) >= 11 is 1.61. The molecule has 0 bridgehead atoms. The third kappa shape index (κ3) is 5.78. The molecule has 0 radical (unpaired) electrons. The summed E-state index contributed by atoms with van der Waals surface area (Å²) < 4.78 is 1.98. The number of likely N-dealkylation sites (tertiary alicyclic amines) is 1. The van der Waals surface area contributed by atoms with E-state index in [-0.39, 0.29) is 11.6 Å².